The van der Waals surface area contributed by atoms with E-state index >= 15 is 0 Å². The van der Waals surface area contributed by atoms with Crippen LogP contribution < -0.4 is 20.6 Å². The number of benzene rings is 2. The van der Waals surface area contributed by atoms with Gasteiger partial charge in [0.2, 0.25) is 5.95 Å². The highest BCUT2D eigenvalue weighted by Crippen LogP contribution is 2.37. The smallest absolute Gasteiger partial charge is 0.410 e. The normalized spacial score (nSPS) is 18.0. The maximum absolute atomic E-state index is 12.6. The molecule has 3 aromatic rings. The quantitative estimate of drug-likeness (QED) is 0.435. The molecule has 2 aliphatic heterocycles. The van der Waals surface area contributed by atoms with Gasteiger partial charge in [-0.3, -0.25) is 0 Å². The van der Waals surface area contributed by atoms with Crippen LogP contribution in [0.4, 0.5) is 10.7 Å². The number of amides is 1. The lowest BCUT2D eigenvalue weighted by molar-refractivity contribution is 0.0222. The minimum Gasteiger partial charge on any atom is -0.444 e. The van der Waals surface area contributed by atoms with Crippen molar-refractivity contribution in [3.05, 3.63) is 78.1 Å². The molecule has 42 heavy (non-hydrogen) atoms. The number of piperazine rings is 1. The number of carbonyl (C=O) groups excluding carboxylic acids is 1. The molecule has 0 saturated carbocycles. The molecule has 0 bridgehead atoms. The Morgan fingerprint density at radius 3 is 2.21 bits per heavy atom. The standard InChI is InChI=1S/C33H45N5O3Si/c1-32(2,3)41-31(39)38-19-17-29-25(22-38)21-35-30(36-29)37-20-18-34-26(23-37)24-40-42(33(4,5)6,27-13-9-7-10-14-27)28-15-11-8-12-16-28/h7-16,21,26,34H,17-20,22-24H2,1-6H3/t26-/m1/s1. The molecule has 9 heteroatoms. The van der Waals surface area contributed by atoms with Crippen LogP contribution in [-0.4, -0.2) is 73.7 Å². The molecule has 224 valence electrons. The SMILES string of the molecule is CC(C)(C)OC(=O)N1CCc2nc(N3CCN[C@@H](CO[Si](c4ccccc4)(c4ccccc4)C(C)(C)C)C3)ncc2C1. The summed E-state index contributed by atoms with van der Waals surface area (Å²) in [6, 6.07) is 21.7. The summed E-state index contributed by atoms with van der Waals surface area (Å²) in [6.07, 6.45) is 2.28. The fraction of sp³-hybridized carbons (Fsp3) is 0.485. The first-order valence-electron chi connectivity index (χ1n) is 15.0. The van der Waals surface area contributed by atoms with E-state index in [1.807, 2.05) is 27.0 Å². The van der Waals surface area contributed by atoms with E-state index in [2.05, 4.69) is 91.7 Å². The number of rotatable bonds is 6. The number of hydrogen-bond donors (Lipinski definition) is 1. The Kier molecular flexibility index (Phi) is 8.73. The predicted molar refractivity (Wildman–Crippen MR) is 170 cm³/mol. The van der Waals surface area contributed by atoms with Crippen molar-refractivity contribution in [1.29, 1.82) is 0 Å². The molecule has 0 unspecified atom stereocenters. The predicted octanol–water partition coefficient (Wildman–Crippen LogP) is 4.12. The minimum atomic E-state index is -2.62. The van der Waals surface area contributed by atoms with E-state index in [9.17, 15) is 4.79 Å². The van der Waals surface area contributed by atoms with Crippen molar-refractivity contribution < 1.29 is 14.0 Å². The summed E-state index contributed by atoms with van der Waals surface area (Å²) in [7, 11) is -2.62. The Labute approximate surface area is 251 Å². The van der Waals surface area contributed by atoms with Crippen molar-refractivity contribution >= 4 is 30.7 Å². The molecule has 1 amide bonds. The lowest BCUT2D eigenvalue weighted by atomic mass is 10.1. The zero-order valence-electron chi connectivity index (χ0n) is 25.9. The molecule has 3 heterocycles. The van der Waals surface area contributed by atoms with Crippen LogP contribution in [0.1, 0.15) is 52.8 Å². The van der Waals surface area contributed by atoms with Crippen LogP contribution in [0.3, 0.4) is 0 Å². The monoisotopic (exact) mass is 587 g/mol. The van der Waals surface area contributed by atoms with Crippen molar-refractivity contribution in [2.24, 2.45) is 0 Å². The van der Waals surface area contributed by atoms with Crippen LogP contribution in [0.15, 0.2) is 66.9 Å². The number of nitrogens with zero attached hydrogens (tertiary/aromatic N) is 4. The van der Waals surface area contributed by atoms with Crippen LogP contribution in [0.5, 0.6) is 0 Å². The number of nitrogens with one attached hydrogen (secondary N) is 1. The number of fused-ring (bicyclic) bond motifs is 1. The molecule has 0 aliphatic carbocycles. The Hall–Kier alpha value is -3.27. The summed E-state index contributed by atoms with van der Waals surface area (Å²) in [6.45, 7) is 16.7. The zero-order valence-corrected chi connectivity index (χ0v) is 26.9. The van der Waals surface area contributed by atoms with E-state index in [0.717, 1.165) is 36.8 Å². The highest BCUT2D eigenvalue weighted by Gasteiger charge is 2.50. The van der Waals surface area contributed by atoms with Gasteiger partial charge in [0.05, 0.1) is 18.8 Å². The Morgan fingerprint density at radius 1 is 0.976 bits per heavy atom. The highest BCUT2D eigenvalue weighted by atomic mass is 28.4. The first-order chi connectivity index (χ1) is 20.0. The molecule has 8 nitrogen and oxygen atoms in total. The van der Waals surface area contributed by atoms with Crippen molar-refractivity contribution in [2.75, 3.05) is 37.7 Å². The van der Waals surface area contributed by atoms with Gasteiger partial charge in [-0.15, -0.1) is 0 Å². The molecule has 1 fully saturated rings. The molecule has 1 N–H and O–H groups in total. The Balaban J connectivity index is 1.31. The number of carbonyl (C=O) groups is 1. The van der Waals surface area contributed by atoms with Gasteiger partial charge in [0, 0.05) is 50.4 Å². The average Bonchev–Trinajstić information content (AvgIpc) is 2.96. The van der Waals surface area contributed by atoms with Crippen LogP contribution in [0.2, 0.25) is 5.04 Å². The first kappa shape index (κ1) is 30.2. The summed E-state index contributed by atoms with van der Waals surface area (Å²) >= 11 is 0. The fourth-order valence-electron chi connectivity index (χ4n) is 6.05. The minimum absolute atomic E-state index is 0.0706. The number of ether oxygens (including phenoxy) is 1. The van der Waals surface area contributed by atoms with Crippen LogP contribution in [0.25, 0.3) is 0 Å². The van der Waals surface area contributed by atoms with Gasteiger partial charge in [-0.1, -0.05) is 81.4 Å². The van der Waals surface area contributed by atoms with Gasteiger partial charge in [-0.2, -0.15) is 0 Å². The number of aromatic nitrogens is 2. The van der Waals surface area contributed by atoms with E-state index in [-0.39, 0.29) is 17.2 Å². The number of anilines is 1. The molecule has 1 aromatic heterocycles. The van der Waals surface area contributed by atoms with Crippen molar-refractivity contribution in [3.8, 4) is 0 Å². The largest absolute Gasteiger partial charge is 0.444 e. The van der Waals surface area contributed by atoms with Crippen molar-refractivity contribution in [3.63, 3.8) is 0 Å². The van der Waals surface area contributed by atoms with Crippen LogP contribution in [-0.2, 0) is 22.1 Å². The Morgan fingerprint density at radius 2 is 1.62 bits per heavy atom. The second kappa shape index (κ2) is 12.1. The third-order valence-corrected chi connectivity index (χ3v) is 13.0. The molecule has 0 spiro atoms. The molecule has 0 radical (unpaired) electrons. The van der Waals surface area contributed by atoms with E-state index in [1.165, 1.54) is 10.4 Å². The van der Waals surface area contributed by atoms with Gasteiger partial charge >= 0.3 is 6.09 Å². The average molecular weight is 588 g/mol. The summed E-state index contributed by atoms with van der Waals surface area (Å²) in [4.78, 5) is 26.3. The molecule has 5 rings (SSSR count). The third kappa shape index (κ3) is 6.53. The van der Waals surface area contributed by atoms with Crippen LogP contribution in [0, 0.1) is 0 Å². The Bertz CT molecular complexity index is 1320. The van der Waals surface area contributed by atoms with Crippen molar-refractivity contribution in [2.45, 2.75) is 71.2 Å². The molecule has 1 atom stereocenters. The lowest BCUT2D eigenvalue weighted by Crippen LogP contribution is -2.68. The summed E-state index contributed by atoms with van der Waals surface area (Å²) in [5, 5.41) is 6.19. The zero-order chi connectivity index (χ0) is 30.0. The third-order valence-electron chi connectivity index (χ3n) is 8.03. The van der Waals surface area contributed by atoms with E-state index in [4.69, 9.17) is 19.1 Å². The van der Waals surface area contributed by atoms with Crippen molar-refractivity contribution in [1.82, 2.24) is 20.2 Å². The highest BCUT2D eigenvalue weighted by molar-refractivity contribution is 6.99. The second-order valence-corrected chi connectivity index (χ2v) is 17.7. The van der Waals surface area contributed by atoms with Gasteiger partial charge < -0.3 is 24.3 Å². The van der Waals surface area contributed by atoms with E-state index in [0.29, 0.717) is 26.1 Å². The summed E-state index contributed by atoms with van der Waals surface area (Å²) in [5.74, 6) is 0.747. The first-order valence-corrected chi connectivity index (χ1v) is 16.9. The molecule has 2 aromatic carbocycles. The molecule has 2 aliphatic rings. The summed E-state index contributed by atoms with van der Waals surface area (Å²) in [5.41, 5.74) is 1.48. The topological polar surface area (TPSA) is 79.8 Å². The fourth-order valence-corrected chi connectivity index (χ4v) is 10.7. The van der Waals surface area contributed by atoms with Gasteiger partial charge in [0.1, 0.15) is 5.60 Å². The maximum atomic E-state index is 12.6. The van der Waals surface area contributed by atoms with Gasteiger partial charge in [-0.05, 0) is 36.2 Å². The second-order valence-electron chi connectivity index (χ2n) is 13.4. The van der Waals surface area contributed by atoms with E-state index in [1.54, 1.807) is 4.90 Å². The lowest BCUT2D eigenvalue weighted by Gasteiger charge is -2.44. The molecular weight excluding hydrogens is 542 g/mol. The van der Waals surface area contributed by atoms with Gasteiger partial charge in [0.25, 0.3) is 8.32 Å². The number of hydrogen-bond acceptors (Lipinski definition) is 7. The maximum Gasteiger partial charge on any atom is 0.410 e. The van der Waals surface area contributed by atoms with Gasteiger partial charge in [-0.25, -0.2) is 14.8 Å². The molecular formula is C33H45N5O3Si. The van der Waals surface area contributed by atoms with Gasteiger partial charge in [0.15, 0.2) is 0 Å². The van der Waals surface area contributed by atoms with Crippen LogP contribution >= 0.6 is 0 Å². The summed E-state index contributed by atoms with van der Waals surface area (Å²) < 4.78 is 12.8. The van der Waals surface area contributed by atoms with E-state index < -0.39 is 13.9 Å². The molecule has 1 saturated heterocycles.